The molecule has 0 aromatic carbocycles. The van der Waals surface area contributed by atoms with Gasteiger partial charge >= 0.3 is 0 Å². The lowest BCUT2D eigenvalue weighted by molar-refractivity contribution is 0.0461. The molecule has 16 heavy (non-hydrogen) atoms. The molecule has 2 heteroatoms. The molecule has 1 saturated carbocycles. The minimum absolute atomic E-state index is 0.0287. The van der Waals surface area contributed by atoms with Crippen molar-refractivity contribution in [1.29, 1.82) is 0 Å². The SMILES string of the molecule is CCCC(NCC(C)(CC)C(C)O)C1CC1. The van der Waals surface area contributed by atoms with E-state index in [2.05, 4.69) is 26.1 Å². The molecule has 0 spiro atoms. The smallest absolute Gasteiger partial charge is 0.0577 e. The maximum atomic E-state index is 9.83. The molecular formula is C14H29NO. The molecule has 0 aliphatic heterocycles. The van der Waals surface area contributed by atoms with Gasteiger partial charge in [-0.15, -0.1) is 0 Å². The van der Waals surface area contributed by atoms with Crippen LogP contribution in [0.25, 0.3) is 0 Å². The Kier molecular flexibility index (Phi) is 5.26. The van der Waals surface area contributed by atoms with E-state index < -0.39 is 0 Å². The fraction of sp³-hybridized carbons (Fsp3) is 1.00. The van der Waals surface area contributed by atoms with E-state index in [9.17, 15) is 5.11 Å². The lowest BCUT2D eigenvalue weighted by Crippen LogP contribution is -2.44. The first-order chi connectivity index (χ1) is 7.53. The van der Waals surface area contributed by atoms with E-state index in [0.29, 0.717) is 6.04 Å². The molecule has 96 valence electrons. The quantitative estimate of drug-likeness (QED) is 0.668. The Morgan fingerprint density at radius 3 is 2.38 bits per heavy atom. The lowest BCUT2D eigenvalue weighted by Gasteiger charge is -2.33. The van der Waals surface area contributed by atoms with Crippen LogP contribution < -0.4 is 5.32 Å². The maximum Gasteiger partial charge on any atom is 0.0577 e. The Morgan fingerprint density at radius 1 is 1.38 bits per heavy atom. The van der Waals surface area contributed by atoms with Crippen molar-refractivity contribution in [3.05, 3.63) is 0 Å². The molecule has 0 amide bonds. The molecule has 3 atom stereocenters. The third-order valence-corrected chi connectivity index (χ3v) is 4.38. The van der Waals surface area contributed by atoms with Gasteiger partial charge < -0.3 is 10.4 Å². The van der Waals surface area contributed by atoms with Crippen molar-refractivity contribution >= 4 is 0 Å². The van der Waals surface area contributed by atoms with Gasteiger partial charge in [0.15, 0.2) is 0 Å². The second kappa shape index (κ2) is 6.02. The van der Waals surface area contributed by atoms with E-state index in [0.717, 1.165) is 18.9 Å². The molecule has 1 aliphatic carbocycles. The largest absolute Gasteiger partial charge is 0.393 e. The van der Waals surface area contributed by atoms with Crippen LogP contribution in [-0.2, 0) is 0 Å². The van der Waals surface area contributed by atoms with Gasteiger partial charge in [-0.2, -0.15) is 0 Å². The average Bonchev–Trinajstić information content (AvgIpc) is 3.07. The second-order valence-electron chi connectivity index (χ2n) is 5.80. The molecule has 0 heterocycles. The molecule has 0 aromatic rings. The van der Waals surface area contributed by atoms with Crippen molar-refractivity contribution in [3.63, 3.8) is 0 Å². The molecule has 2 nitrogen and oxygen atoms in total. The zero-order chi connectivity index (χ0) is 12.2. The summed E-state index contributed by atoms with van der Waals surface area (Å²) in [6, 6.07) is 0.689. The van der Waals surface area contributed by atoms with E-state index >= 15 is 0 Å². The standard InChI is InChI=1S/C14H29NO/c1-5-7-13(12-8-9-12)15-10-14(4,6-2)11(3)16/h11-13,15-16H,5-10H2,1-4H3. The van der Waals surface area contributed by atoms with Crippen LogP contribution in [-0.4, -0.2) is 23.8 Å². The molecule has 0 radical (unpaired) electrons. The Balaban J connectivity index is 2.40. The fourth-order valence-corrected chi connectivity index (χ4v) is 2.25. The highest BCUT2D eigenvalue weighted by Crippen LogP contribution is 2.35. The summed E-state index contributed by atoms with van der Waals surface area (Å²) < 4.78 is 0. The summed E-state index contributed by atoms with van der Waals surface area (Å²) in [5.74, 6) is 0.912. The summed E-state index contributed by atoms with van der Waals surface area (Å²) in [6.07, 6.45) is 6.13. The number of hydrogen-bond acceptors (Lipinski definition) is 2. The number of aliphatic hydroxyl groups is 1. The Morgan fingerprint density at radius 2 is 2.00 bits per heavy atom. The minimum Gasteiger partial charge on any atom is -0.393 e. The minimum atomic E-state index is -0.230. The Labute approximate surface area is 101 Å². The number of nitrogens with one attached hydrogen (secondary N) is 1. The van der Waals surface area contributed by atoms with Crippen LogP contribution in [0.15, 0.2) is 0 Å². The van der Waals surface area contributed by atoms with Crippen molar-refractivity contribution in [2.75, 3.05) is 6.54 Å². The van der Waals surface area contributed by atoms with Crippen LogP contribution in [0.5, 0.6) is 0 Å². The van der Waals surface area contributed by atoms with Gasteiger partial charge in [0.1, 0.15) is 0 Å². The molecular weight excluding hydrogens is 198 g/mol. The van der Waals surface area contributed by atoms with Crippen molar-refractivity contribution in [1.82, 2.24) is 5.32 Å². The third kappa shape index (κ3) is 3.74. The molecule has 0 saturated heterocycles. The maximum absolute atomic E-state index is 9.83. The zero-order valence-electron chi connectivity index (χ0n) is 11.4. The predicted octanol–water partition coefficient (Wildman–Crippen LogP) is 2.95. The van der Waals surface area contributed by atoms with Gasteiger partial charge in [-0.25, -0.2) is 0 Å². The monoisotopic (exact) mass is 227 g/mol. The van der Waals surface area contributed by atoms with Crippen LogP contribution in [0, 0.1) is 11.3 Å². The van der Waals surface area contributed by atoms with Crippen molar-refractivity contribution < 1.29 is 5.11 Å². The summed E-state index contributed by atoms with van der Waals surface area (Å²) in [5, 5.41) is 13.5. The van der Waals surface area contributed by atoms with Crippen LogP contribution in [0.2, 0.25) is 0 Å². The first-order valence-corrected chi connectivity index (χ1v) is 6.95. The Hall–Kier alpha value is -0.0800. The normalized spacial score (nSPS) is 23.8. The van der Waals surface area contributed by atoms with Gasteiger partial charge in [0.25, 0.3) is 0 Å². The van der Waals surface area contributed by atoms with Crippen LogP contribution in [0.4, 0.5) is 0 Å². The summed E-state index contributed by atoms with van der Waals surface area (Å²) in [4.78, 5) is 0. The molecule has 0 aromatic heterocycles. The van der Waals surface area contributed by atoms with Crippen molar-refractivity contribution in [2.45, 2.75) is 71.9 Å². The van der Waals surface area contributed by atoms with Crippen LogP contribution in [0.1, 0.15) is 59.8 Å². The first kappa shape index (κ1) is 14.0. The average molecular weight is 227 g/mol. The molecule has 3 unspecified atom stereocenters. The third-order valence-electron chi connectivity index (χ3n) is 4.38. The molecule has 1 fully saturated rings. The fourth-order valence-electron chi connectivity index (χ4n) is 2.25. The number of aliphatic hydroxyl groups excluding tert-OH is 1. The van der Waals surface area contributed by atoms with Crippen LogP contribution in [0.3, 0.4) is 0 Å². The summed E-state index contributed by atoms with van der Waals surface area (Å²) >= 11 is 0. The lowest BCUT2D eigenvalue weighted by atomic mass is 9.82. The Bertz CT molecular complexity index is 201. The second-order valence-corrected chi connectivity index (χ2v) is 5.80. The van der Waals surface area contributed by atoms with Crippen molar-refractivity contribution in [2.24, 2.45) is 11.3 Å². The van der Waals surface area contributed by atoms with Gasteiger partial charge in [0, 0.05) is 18.0 Å². The van der Waals surface area contributed by atoms with Crippen molar-refractivity contribution in [3.8, 4) is 0 Å². The summed E-state index contributed by atoms with van der Waals surface area (Å²) in [7, 11) is 0. The molecule has 1 aliphatic rings. The first-order valence-electron chi connectivity index (χ1n) is 6.95. The van der Waals surface area contributed by atoms with Crippen LogP contribution >= 0.6 is 0 Å². The van der Waals surface area contributed by atoms with Gasteiger partial charge in [-0.1, -0.05) is 27.2 Å². The highest BCUT2D eigenvalue weighted by atomic mass is 16.3. The summed E-state index contributed by atoms with van der Waals surface area (Å²) in [5.41, 5.74) is 0.0287. The van der Waals surface area contributed by atoms with E-state index in [-0.39, 0.29) is 11.5 Å². The van der Waals surface area contributed by atoms with E-state index in [4.69, 9.17) is 0 Å². The zero-order valence-corrected chi connectivity index (χ0v) is 11.4. The molecule has 2 N–H and O–H groups in total. The van der Waals surface area contributed by atoms with E-state index in [1.165, 1.54) is 25.7 Å². The summed E-state index contributed by atoms with van der Waals surface area (Å²) in [6.45, 7) is 9.46. The van der Waals surface area contributed by atoms with E-state index in [1.54, 1.807) is 0 Å². The number of hydrogen-bond donors (Lipinski definition) is 2. The number of rotatable bonds is 8. The predicted molar refractivity (Wildman–Crippen MR) is 69.5 cm³/mol. The topological polar surface area (TPSA) is 32.3 Å². The van der Waals surface area contributed by atoms with Gasteiger partial charge in [-0.05, 0) is 38.5 Å². The molecule has 1 rings (SSSR count). The molecule has 0 bridgehead atoms. The van der Waals surface area contributed by atoms with E-state index in [1.807, 2.05) is 6.92 Å². The highest BCUT2D eigenvalue weighted by molar-refractivity contribution is 4.89. The highest BCUT2D eigenvalue weighted by Gasteiger charge is 2.33. The van der Waals surface area contributed by atoms with Gasteiger partial charge in [0.05, 0.1) is 6.10 Å². The van der Waals surface area contributed by atoms with Gasteiger partial charge in [0.2, 0.25) is 0 Å². The van der Waals surface area contributed by atoms with Gasteiger partial charge in [-0.3, -0.25) is 0 Å².